The second-order valence-corrected chi connectivity index (χ2v) is 3.57. The van der Waals surface area contributed by atoms with Gasteiger partial charge in [-0.25, -0.2) is 4.39 Å². The number of hydrogen-bond acceptors (Lipinski definition) is 1. The van der Waals surface area contributed by atoms with Crippen LogP contribution in [0.4, 0.5) is 4.39 Å². The molecule has 1 atom stereocenters. The first-order valence-electron chi connectivity index (χ1n) is 5.06. The highest BCUT2D eigenvalue weighted by atomic mass is 19.1. The van der Waals surface area contributed by atoms with Crippen molar-refractivity contribution in [3.63, 3.8) is 0 Å². The number of nitrogens with two attached hydrogens (primary N) is 1. The predicted octanol–water partition coefficient (Wildman–Crippen LogP) is 2.94. The fourth-order valence-electron chi connectivity index (χ4n) is 1.52. The summed E-state index contributed by atoms with van der Waals surface area (Å²) in [5.74, 6) is 5.55. The zero-order chi connectivity index (χ0) is 11.3. The van der Waals surface area contributed by atoms with Crippen LogP contribution in [0.2, 0.25) is 0 Å². The molecule has 0 heterocycles. The number of rotatable bonds is 3. The van der Waals surface area contributed by atoms with Crippen LogP contribution in [0, 0.1) is 24.6 Å². The van der Waals surface area contributed by atoms with Crippen LogP contribution in [0.3, 0.4) is 0 Å². The first kappa shape index (κ1) is 11.7. The lowest BCUT2D eigenvalue weighted by molar-refractivity contribution is 0.610. The highest BCUT2D eigenvalue weighted by molar-refractivity contribution is 5.29. The van der Waals surface area contributed by atoms with E-state index in [0.717, 1.165) is 24.0 Å². The minimum absolute atomic E-state index is 0.124. The summed E-state index contributed by atoms with van der Waals surface area (Å²) in [6, 6.07) is 4.61. The smallest absolute Gasteiger partial charge is 0.123 e. The second kappa shape index (κ2) is 5.53. The third-order valence-corrected chi connectivity index (χ3v) is 2.40. The molecule has 0 saturated heterocycles. The van der Waals surface area contributed by atoms with Crippen molar-refractivity contribution in [2.24, 2.45) is 5.73 Å². The molecule has 2 heteroatoms. The SMILES string of the molecule is CC#CCCC(N)c1cc(F)ccc1C. The third kappa shape index (κ3) is 3.38. The van der Waals surface area contributed by atoms with E-state index >= 15 is 0 Å². The molecule has 0 aliphatic rings. The van der Waals surface area contributed by atoms with Crippen molar-refractivity contribution in [1.82, 2.24) is 0 Å². The van der Waals surface area contributed by atoms with Crippen molar-refractivity contribution in [2.75, 3.05) is 0 Å². The highest BCUT2D eigenvalue weighted by Crippen LogP contribution is 2.20. The highest BCUT2D eigenvalue weighted by Gasteiger charge is 2.08. The molecule has 0 aromatic heterocycles. The van der Waals surface area contributed by atoms with E-state index < -0.39 is 0 Å². The molecule has 0 saturated carbocycles. The van der Waals surface area contributed by atoms with Crippen molar-refractivity contribution in [1.29, 1.82) is 0 Å². The summed E-state index contributed by atoms with van der Waals surface area (Å²) >= 11 is 0. The number of benzene rings is 1. The Bertz CT molecular complexity index is 387. The molecule has 1 aromatic carbocycles. The topological polar surface area (TPSA) is 26.0 Å². The van der Waals surface area contributed by atoms with Gasteiger partial charge in [-0.2, -0.15) is 0 Å². The summed E-state index contributed by atoms with van der Waals surface area (Å²) < 4.78 is 13.0. The van der Waals surface area contributed by atoms with E-state index in [2.05, 4.69) is 11.8 Å². The lowest BCUT2D eigenvalue weighted by atomic mass is 9.98. The van der Waals surface area contributed by atoms with E-state index in [1.165, 1.54) is 12.1 Å². The Labute approximate surface area is 90.5 Å². The average Bonchev–Trinajstić information content (AvgIpc) is 2.22. The van der Waals surface area contributed by atoms with Crippen molar-refractivity contribution in [3.8, 4) is 11.8 Å². The quantitative estimate of drug-likeness (QED) is 0.754. The molecule has 0 aliphatic carbocycles. The van der Waals surface area contributed by atoms with E-state index in [1.807, 2.05) is 6.92 Å². The summed E-state index contributed by atoms with van der Waals surface area (Å²) in [5, 5.41) is 0. The number of halogens is 1. The molecular formula is C13H16FN. The predicted molar refractivity (Wildman–Crippen MR) is 60.7 cm³/mol. The Balaban J connectivity index is 2.74. The third-order valence-electron chi connectivity index (χ3n) is 2.40. The van der Waals surface area contributed by atoms with Crippen LogP contribution < -0.4 is 5.73 Å². The van der Waals surface area contributed by atoms with Crippen molar-refractivity contribution in [3.05, 3.63) is 35.1 Å². The van der Waals surface area contributed by atoms with E-state index in [1.54, 1.807) is 13.0 Å². The molecule has 1 aromatic rings. The normalized spacial score (nSPS) is 11.7. The standard InChI is InChI=1S/C13H16FN/c1-3-4-5-6-13(15)12-9-11(14)8-7-10(12)2/h7-9,13H,5-6,15H2,1-2H3. The van der Waals surface area contributed by atoms with Gasteiger partial charge in [-0.05, 0) is 43.5 Å². The van der Waals surface area contributed by atoms with Crippen molar-refractivity contribution in [2.45, 2.75) is 32.7 Å². The van der Waals surface area contributed by atoms with Gasteiger partial charge in [-0.3, -0.25) is 0 Å². The minimum atomic E-state index is -0.229. The molecule has 1 rings (SSSR count). The fraction of sp³-hybridized carbons (Fsp3) is 0.385. The lowest BCUT2D eigenvalue weighted by Gasteiger charge is -2.13. The van der Waals surface area contributed by atoms with Gasteiger partial charge in [0.15, 0.2) is 0 Å². The van der Waals surface area contributed by atoms with Gasteiger partial charge in [0.1, 0.15) is 5.82 Å². The molecule has 0 spiro atoms. The van der Waals surface area contributed by atoms with Gasteiger partial charge in [-0.15, -0.1) is 11.8 Å². The van der Waals surface area contributed by atoms with Crippen LogP contribution in [0.25, 0.3) is 0 Å². The van der Waals surface area contributed by atoms with Crippen LogP contribution in [0.5, 0.6) is 0 Å². The van der Waals surface area contributed by atoms with Gasteiger partial charge < -0.3 is 5.73 Å². The Morgan fingerprint density at radius 1 is 1.47 bits per heavy atom. The first-order chi connectivity index (χ1) is 7.15. The Morgan fingerprint density at radius 3 is 2.87 bits per heavy atom. The summed E-state index contributed by atoms with van der Waals surface area (Å²) in [6.45, 7) is 3.75. The Kier molecular flexibility index (Phi) is 4.33. The second-order valence-electron chi connectivity index (χ2n) is 3.57. The summed E-state index contributed by atoms with van der Waals surface area (Å²) in [7, 11) is 0. The van der Waals surface area contributed by atoms with Crippen LogP contribution in [0.15, 0.2) is 18.2 Å². The van der Waals surface area contributed by atoms with Crippen molar-refractivity contribution >= 4 is 0 Å². The maximum absolute atomic E-state index is 13.0. The molecule has 0 fully saturated rings. The van der Waals surface area contributed by atoms with E-state index in [0.29, 0.717) is 0 Å². The first-order valence-corrected chi connectivity index (χ1v) is 5.06. The maximum atomic E-state index is 13.0. The lowest BCUT2D eigenvalue weighted by Crippen LogP contribution is -2.11. The van der Waals surface area contributed by atoms with Crippen LogP contribution >= 0.6 is 0 Å². The summed E-state index contributed by atoms with van der Waals surface area (Å²) in [4.78, 5) is 0. The summed E-state index contributed by atoms with van der Waals surface area (Å²) in [5.41, 5.74) is 7.89. The van der Waals surface area contributed by atoms with Crippen LogP contribution in [-0.2, 0) is 0 Å². The van der Waals surface area contributed by atoms with E-state index in [9.17, 15) is 4.39 Å². The van der Waals surface area contributed by atoms with E-state index in [-0.39, 0.29) is 11.9 Å². The molecule has 1 nitrogen and oxygen atoms in total. The fourth-order valence-corrected chi connectivity index (χ4v) is 1.52. The molecule has 0 amide bonds. The molecule has 0 bridgehead atoms. The number of hydrogen-bond donors (Lipinski definition) is 1. The molecule has 0 radical (unpaired) electrons. The number of aryl methyl sites for hydroxylation is 1. The van der Waals surface area contributed by atoms with Gasteiger partial charge >= 0.3 is 0 Å². The van der Waals surface area contributed by atoms with Crippen LogP contribution in [-0.4, -0.2) is 0 Å². The minimum Gasteiger partial charge on any atom is -0.324 e. The zero-order valence-electron chi connectivity index (χ0n) is 9.18. The molecule has 15 heavy (non-hydrogen) atoms. The molecule has 0 aliphatic heterocycles. The van der Waals surface area contributed by atoms with Gasteiger partial charge in [0.25, 0.3) is 0 Å². The zero-order valence-corrected chi connectivity index (χ0v) is 9.18. The maximum Gasteiger partial charge on any atom is 0.123 e. The summed E-state index contributed by atoms with van der Waals surface area (Å²) in [6.07, 6.45) is 1.53. The molecular weight excluding hydrogens is 189 g/mol. The van der Waals surface area contributed by atoms with E-state index in [4.69, 9.17) is 5.73 Å². The monoisotopic (exact) mass is 205 g/mol. The van der Waals surface area contributed by atoms with Crippen molar-refractivity contribution < 1.29 is 4.39 Å². The van der Waals surface area contributed by atoms with Crippen LogP contribution in [0.1, 0.15) is 36.9 Å². The Morgan fingerprint density at radius 2 is 2.20 bits per heavy atom. The van der Waals surface area contributed by atoms with Gasteiger partial charge in [-0.1, -0.05) is 6.07 Å². The van der Waals surface area contributed by atoms with Gasteiger partial charge in [0, 0.05) is 12.5 Å². The average molecular weight is 205 g/mol. The largest absolute Gasteiger partial charge is 0.324 e. The van der Waals surface area contributed by atoms with Gasteiger partial charge in [0.2, 0.25) is 0 Å². The molecule has 1 unspecified atom stereocenters. The molecule has 2 N–H and O–H groups in total. The van der Waals surface area contributed by atoms with Gasteiger partial charge in [0.05, 0.1) is 0 Å². The molecule has 80 valence electrons. The Hall–Kier alpha value is -1.33.